The van der Waals surface area contributed by atoms with Crippen LogP contribution in [0.2, 0.25) is 0 Å². The minimum absolute atomic E-state index is 0.0746. The van der Waals surface area contributed by atoms with Crippen molar-refractivity contribution >= 4 is 22.9 Å². The molecule has 2 rings (SSSR count). The Morgan fingerprint density at radius 1 is 1.29 bits per heavy atom. The highest BCUT2D eigenvalue weighted by molar-refractivity contribution is 7.12. The Balaban J connectivity index is 2.29. The third kappa shape index (κ3) is 3.21. The molecule has 0 bridgehead atoms. The molecule has 2 aromatic heterocycles. The van der Waals surface area contributed by atoms with E-state index in [1.165, 1.54) is 11.3 Å². The van der Waals surface area contributed by atoms with E-state index in [4.69, 9.17) is 4.74 Å². The molecule has 0 atom stereocenters. The maximum absolute atomic E-state index is 12.7. The monoisotopic (exact) mass is 305 g/mol. The number of carbonyl (C=O) groups excluding carboxylic acids is 1. The van der Waals surface area contributed by atoms with Crippen LogP contribution >= 0.6 is 11.3 Å². The quantitative estimate of drug-likeness (QED) is 0.874. The fourth-order valence-corrected chi connectivity index (χ4v) is 2.87. The lowest BCUT2D eigenvalue weighted by molar-refractivity contribution is 0.0994. The summed E-state index contributed by atoms with van der Waals surface area (Å²) in [5.41, 5.74) is 3.10. The number of methoxy groups -OCH3 is 1. The molecule has 0 aliphatic carbocycles. The maximum atomic E-state index is 12.7. The van der Waals surface area contributed by atoms with Crippen LogP contribution in [0.1, 0.15) is 36.1 Å². The number of rotatable bonds is 3. The van der Waals surface area contributed by atoms with Crippen LogP contribution in [0.5, 0.6) is 5.88 Å². The summed E-state index contributed by atoms with van der Waals surface area (Å²) in [5, 5.41) is 0. The van der Waals surface area contributed by atoms with E-state index in [2.05, 4.69) is 9.97 Å². The average Bonchev–Trinajstić information content (AvgIpc) is 2.95. The van der Waals surface area contributed by atoms with Gasteiger partial charge in [0.2, 0.25) is 5.88 Å². The normalized spacial score (nSPS) is 11.3. The predicted molar refractivity (Wildman–Crippen MR) is 84.3 cm³/mol. The van der Waals surface area contributed by atoms with Gasteiger partial charge in [0, 0.05) is 18.5 Å². The lowest BCUT2D eigenvalue weighted by atomic mass is 9.91. The molecule has 0 aromatic carbocycles. The number of thiazole rings is 1. The Kier molecular flexibility index (Phi) is 4.27. The van der Waals surface area contributed by atoms with Gasteiger partial charge in [-0.2, -0.15) is 0 Å². The van der Waals surface area contributed by atoms with Crippen molar-refractivity contribution in [1.29, 1.82) is 0 Å². The van der Waals surface area contributed by atoms with Crippen LogP contribution < -0.4 is 9.64 Å². The number of hydrogen-bond acceptors (Lipinski definition) is 5. The van der Waals surface area contributed by atoms with Crippen LogP contribution in [0.3, 0.4) is 0 Å². The summed E-state index contributed by atoms with van der Waals surface area (Å²) < 4.78 is 5.02. The second kappa shape index (κ2) is 5.81. The minimum Gasteiger partial charge on any atom is -0.481 e. The van der Waals surface area contributed by atoms with Crippen molar-refractivity contribution in [3.8, 4) is 5.88 Å². The van der Waals surface area contributed by atoms with Crippen LogP contribution in [-0.4, -0.2) is 30.0 Å². The molecule has 0 saturated carbocycles. The van der Waals surface area contributed by atoms with E-state index >= 15 is 0 Å². The standard InChI is InChI=1S/C15H19N3O2S/c1-15(2,3)13-12(21-9-17-13)14(19)18(4)10-6-7-11(20-5)16-8-10/h6-9H,1-5H3. The van der Waals surface area contributed by atoms with E-state index in [1.54, 1.807) is 36.8 Å². The fourth-order valence-electron chi connectivity index (χ4n) is 1.89. The van der Waals surface area contributed by atoms with E-state index in [0.717, 1.165) is 5.69 Å². The molecule has 2 heterocycles. The minimum atomic E-state index is -0.163. The highest BCUT2D eigenvalue weighted by Gasteiger charge is 2.27. The van der Waals surface area contributed by atoms with Gasteiger partial charge in [0.1, 0.15) is 4.88 Å². The number of aromatic nitrogens is 2. The van der Waals surface area contributed by atoms with Gasteiger partial charge in [0.15, 0.2) is 0 Å². The first-order valence-corrected chi connectivity index (χ1v) is 7.44. The molecule has 112 valence electrons. The molecule has 5 nitrogen and oxygen atoms in total. The zero-order valence-electron chi connectivity index (χ0n) is 12.9. The van der Waals surface area contributed by atoms with E-state index in [9.17, 15) is 4.79 Å². The Hall–Kier alpha value is -1.95. The molecule has 0 N–H and O–H groups in total. The van der Waals surface area contributed by atoms with Gasteiger partial charge in [-0.3, -0.25) is 4.79 Å². The third-order valence-corrected chi connectivity index (χ3v) is 3.91. The van der Waals surface area contributed by atoms with E-state index in [0.29, 0.717) is 16.4 Å². The molecular weight excluding hydrogens is 286 g/mol. The third-order valence-electron chi connectivity index (χ3n) is 3.09. The molecule has 0 spiro atoms. The lowest BCUT2D eigenvalue weighted by Crippen LogP contribution is -2.28. The number of amides is 1. The topological polar surface area (TPSA) is 55.3 Å². The zero-order valence-corrected chi connectivity index (χ0v) is 13.7. The maximum Gasteiger partial charge on any atom is 0.270 e. The van der Waals surface area contributed by atoms with Gasteiger partial charge in [0.25, 0.3) is 5.91 Å². The summed E-state index contributed by atoms with van der Waals surface area (Å²) in [4.78, 5) is 23.4. The number of hydrogen-bond donors (Lipinski definition) is 0. The molecule has 1 amide bonds. The predicted octanol–water partition coefficient (Wildman–Crippen LogP) is 3.12. The first-order valence-electron chi connectivity index (χ1n) is 6.56. The van der Waals surface area contributed by atoms with Crippen LogP contribution in [0, 0.1) is 0 Å². The molecule has 0 radical (unpaired) electrons. The second-order valence-corrected chi connectivity index (χ2v) is 6.56. The van der Waals surface area contributed by atoms with Gasteiger partial charge in [-0.25, -0.2) is 9.97 Å². The summed E-state index contributed by atoms with van der Waals surface area (Å²) in [5.74, 6) is 0.446. The van der Waals surface area contributed by atoms with Gasteiger partial charge in [-0.15, -0.1) is 11.3 Å². The summed E-state index contributed by atoms with van der Waals surface area (Å²) in [7, 11) is 3.29. The number of ether oxygens (including phenoxy) is 1. The Labute approximate surface area is 128 Å². The Bertz CT molecular complexity index is 629. The van der Waals surface area contributed by atoms with Gasteiger partial charge in [-0.1, -0.05) is 20.8 Å². The van der Waals surface area contributed by atoms with E-state index < -0.39 is 0 Å². The van der Waals surface area contributed by atoms with Crippen molar-refractivity contribution in [2.24, 2.45) is 0 Å². The molecule has 0 fully saturated rings. The first kappa shape index (κ1) is 15.4. The fraction of sp³-hybridized carbons (Fsp3) is 0.400. The van der Waals surface area contributed by atoms with Crippen LogP contribution in [0.25, 0.3) is 0 Å². The first-order chi connectivity index (χ1) is 9.84. The molecule has 0 saturated heterocycles. The lowest BCUT2D eigenvalue weighted by Gasteiger charge is -2.21. The number of pyridine rings is 1. The highest BCUT2D eigenvalue weighted by Crippen LogP contribution is 2.29. The zero-order chi connectivity index (χ0) is 15.6. The summed E-state index contributed by atoms with van der Waals surface area (Å²) >= 11 is 1.37. The van der Waals surface area contributed by atoms with Crippen LogP contribution in [-0.2, 0) is 5.41 Å². The molecule has 6 heteroatoms. The number of anilines is 1. The molecule has 0 unspecified atom stereocenters. The van der Waals surface area contributed by atoms with Crippen molar-refractivity contribution in [3.63, 3.8) is 0 Å². The number of nitrogens with zero attached hydrogens (tertiary/aromatic N) is 3. The van der Waals surface area contributed by atoms with Crippen LogP contribution in [0.4, 0.5) is 5.69 Å². The van der Waals surface area contributed by atoms with E-state index in [-0.39, 0.29) is 11.3 Å². The summed E-state index contributed by atoms with van der Waals surface area (Å²) in [6.07, 6.45) is 1.62. The van der Waals surface area contributed by atoms with Crippen molar-refractivity contribution in [2.45, 2.75) is 26.2 Å². The average molecular weight is 305 g/mol. The smallest absolute Gasteiger partial charge is 0.270 e. The summed E-state index contributed by atoms with van der Waals surface area (Å²) in [6.45, 7) is 6.15. The molecule has 2 aromatic rings. The van der Waals surface area contributed by atoms with Crippen molar-refractivity contribution < 1.29 is 9.53 Å². The second-order valence-electron chi connectivity index (χ2n) is 5.70. The Morgan fingerprint density at radius 3 is 2.52 bits per heavy atom. The molecule has 0 aliphatic rings. The van der Waals surface area contributed by atoms with Gasteiger partial charge < -0.3 is 9.64 Å². The van der Waals surface area contributed by atoms with Crippen LogP contribution in [0.15, 0.2) is 23.8 Å². The van der Waals surface area contributed by atoms with Gasteiger partial charge in [0.05, 0.1) is 30.2 Å². The summed E-state index contributed by atoms with van der Waals surface area (Å²) in [6, 6.07) is 3.54. The molecule has 21 heavy (non-hydrogen) atoms. The Morgan fingerprint density at radius 2 is 2.00 bits per heavy atom. The van der Waals surface area contributed by atoms with Crippen molar-refractivity contribution in [1.82, 2.24) is 9.97 Å². The number of carbonyl (C=O) groups is 1. The van der Waals surface area contributed by atoms with Crippen molar-refractivity contribution in [3.05, 3.63) is 34.4 Å². The SMILES string of the molecule is COc1ccc(N(C)C(=O)c2scnc2C(C)(C)C)cn1. The largest absolute Gasteiger partial charge is 0.481 e. The highest BCUT2D eigenvalue weighted by atomic mass is 32.1. The van der Waals surface area contributed by atoms with Crippen molar-refractivity contribution in [2.75, 3.05) is 19.1 Å². The van der Waals surface area contributed by atoms with Gasteiger partial charge in [-0.05, 0) is 6.07 Å². The molecule has 0 aliphatic heterocycles. The molecular formula is C15H19N3O2S. The van der Waals surface area contributed by atoms with Gasteiger partial charge >= 0.3 is 0 Å². The van der Waals surface area contributed by atoms with E-state index in [1.807, 2.05) is 26.8 Å².